The van der Waals surface area contributed by atoms with Crippen LogP contribution in [-0.4, -0.2) is 47.7 Å². The van der Waals surface area contributed by atoms with Crippen LogP contribution in [0.3, 0.4) is 0 Å². The van der Waals surface area contributed by atoms with Gasteiger partial charge in [0.15, 0.2) is 0 Å². The lowest BCUT2D eigenvalue weighted by Crippen LogP contribution is -2.38. The van der Waals surface area contributed by atoms with Gasteiger partial charge in [-0.25, -0.2) is 9.59 Å². The molecule has 2 aliphatic rings. The Kier molecular flexibility index (Phi) is 5.22. The molecule has 1 saturated heterocycles. The maximum Gasteiger partial charge on any atom is 0.341 e. The van der Waals surface area contributed by atoms with Crippen LogP contribution in [0.1, 0.15) is 48.3 Å². The number of thiophene rings is 1. The van der Waals surface area contributed by atoms with Crippen molar-refractivity contribution in [3.8, 4) is 0 Å². The molecule has 3 rings (SSSR count). The number of likely N-dealkylation sites (tertiary alicyclic amines) is 1. The number of esters is 1. The lowest BCUT2D eigenvalue weighted by atomic mass is 9.81. The fraction of sp³-hybridized carbons (Fsp3) is 0.611. The Balaban J connectivity index is 1.76. The Hall–Kier alpha value is -2.09. The average Bonchev–Trinajstić information content (AvgIpc) is 3.26. The molecule has 1 aliphatic heterocycles. The van der Waals surface area contributed by atoms with Gasteiger partial charge < -0.3 is 14.7 Å². The minimum Gasteiger partial charge on any atom is -0.481 e. The number of carbonyl (C=O) groups excluding carboxylic acids is 2. The molecule has 26 heavy (non-hydrogen) atoms. The molecule has 0 bridgehead atoms. The summed E-state index contributed by atoms with van der Waals surface area (Å²) in [5.41, 5.74) is -0.458. The molecule has 1 aromatic heterocycles. The zero-order chi connectivity index (χ0) is 18.9. The number of hydrogen-bond acceptors (Lipinski definition) is 5. The van der Waals surface area contributed by atoms with Gasteiger partial charge in [0.2, 0.25) is 0 Å². The van der Waals surface area contributed by atoms with Gasteiger partial charge in [-0.1, -0.05) is 13.3 Å². The number of ether oxygens (including phenoxy) is 1. The van der Waals surface area contributed by atoms with Gasteiger partial charge in [0.1, 0.15) is 5.00 Å². The van der Waals surface area contributed by atoms with Crippen LogP contribution >= 0.6 is 11.3 Å². The molecule has 2 amide bonds. The Morgan fingerprint density at radius 1 is 1.42 bits per heavy atom. The van der Waals surface area contributed by atoms with Crippen LogP contribution in [0.5, 0.6) is 0 Å². The van der Waals surface area contributed by atoms with Crippen molar-refractivity contribution in [2.24, 2.45) is 11.3 Å². The highest BCUT2D eigenvalue weighted by Crippen LogP contribution is 2.49. The monoisotopic (exact) mass is 380 g/mol. The Bertz CT molecular complexity index is 731. The molecule has 0 unspecified atom stereocenters. The van der Waals surface area contributed by atoms with E-state index in [1.165, 1.54) is 11.3 Å². The summed E-state index contributed by atoms with van der Waals surface area (Å²) in [6.07, 6.45) is 3.10. The smallest absolute Gasteiger partial charge is 0.341 e. The van der Waals surface area contributed by atoms with Crippen molar-refractivity contribution < 1.29 is 24.2 Å². The van der Waals surface area contributed by atoms with Gasteiger partial charge in [-0.05, 0) is 38.2 Å². The van der Waals surface area contributed by atoms with Gasteiger partial charge in [0.05, 0.1) is 17.6 Å². The number of nitrogens with zero attached hydrogens (tertiary/aromatic N) is 1. The number of aryl methyl sites for hydroxylation is 1. The number of aliphatic carboxylic acids is 1. The lowest BCUT2D eigenvalue weighted by molar-refractivity contribution is -0.149. The highest BCUT2D eigenvalue weighted by Gasteiger charge is 2.55. The zero-order valence-corrected chi connectivity index (χ0v) is 15.9. The number of carboxylic acid groups (broad SMARTS) is 1. The first-order valence-corrected chi connectivity index (χ1v) is 9.82. The topological polar surface area (TPSA) is 95.9 Å². The van der Waals surface area contributed by atoms with Crippen molar-refractivity contribution >= 4 is 34.3 Å². The number of rotatable bonds is 5. The van der Waals surface area contributed by atoms with Crippen LogP contribution in [0.4, 0.5) is 9.80 Å². The van der Waals surface area contributed by atoms with Gasteiger partial charge in [0, 0.05) is 18.0 Å². The average molecular weight is 380 g/mol. The largest absolute Gasteiger partial charge is 0.481 e. The van der Waals surface area contributed by atoms with Crippen molar-refractivity contribution in [2.45, 2.75) is 39.5 Å². The van der Waals surface area contributed by atoms with Crippen molar-refractivity contribution in [3.63, 3.8) is 0 Å². The van der Waals surface area contributed by atoms with Gasteiger partial charge in [-0.15, -0.1) is 11.3 Å². The second-order valence-electron chi connectivity index (χ2n) is 6.89. The third kappa shape index (κ3) is 3.18. The lowest BCUT2D eigenvalue weighted by Gasteiger charge is -2.23. The summed E-state index contributed by atoms with van der Waals surface area (Å²) in [4.78, 5) is 39.2. The Morgan fingerprint density at radius 3 is 2.81 bits per heavy atom. The highest BCUT2D eigenvalue weighted by molar-refractivity contribution is 7.16. The zero-order valence-electron chi connectivity index (χ0n) is 15.0. The summed E-state index contributed by atoms with van der Waals surface area (Å²) in [6.45, 7) is 4.64. The van der Waals surface area contributed by atoms with Crippen LogP contribution < -0.4 is 5.32 Å². The number of amides is 2. The van der Waals surface area contributed by atoms with E-state index >= 15 is 0 Å². The molecule has 8 heteroatoms. The van der Waals surface area contributed by atoms with Crippen LogP contribution in [0.25, 0.3) is 0 Å². The molecular weight excluding hydrogens is 356 g/mol. The summed E-state index contributed by atoms with van der Waals surface area (Å²) >= 11 is 1.35. The van der Waals surface area contributed by atoms with E-state index in [0.717, 1.165) is 24.1 Å². The van der Waals surface area contributed by atoms with E-state index < -0.39 is 17.4 Å². The van der Waals surface area contributed by atoms with Crippen molar-refractivity contribution in [1.29, 1.82) is 0 Å². The molecule has 142 valence electrons. The molecule has 1 aliphatic carbocycles. The minimum atomic E-state index is -0.814. The Morgan fingerprint density at radius 2 is 2.19 bits per heavy atom. The summed E-state index contributed by atoms with van der Waals surface area (Å²) in [5, 5.41) is 12.9. The van der Waals surface area contributed by atoms with Gasteiger partial charge in [-0.2, -0.15) is 0 Å². The predicted octanol–water partition coefficient (Wildman–Crippen LogP) is 3.21. The second-order valence-corrected chi connectivity index (χ2v) is 8.03. The summed E-state index contributed by atoms with van der Waals surface area (Å²) in [6, 6.07) is 1.39. The van der Waals surface area contributed by atoms with E-state index in [4.69, 9.17) is 4.74 Å². The fourth-order valence-electron chi connectivity index (χ4n) is 4.04. The number of hydrogen-bond donors (Lipinski definition) is 2. The standard InChI is InChI=1S/C18H24N2O5S/c1-3-12-8-13(15(21)25-4-2)14(26-12)19-17(24)20-9-11-6-5-7-18(11,10-20)16(22)23/h8,11H,3-7,9-10H2,1-2H3,(H,19,24)(H,22,23)/t11-,18+/m0/s1. The van der Waals surface area contributed by atoms with Crippen LogP contribution in [0.15, 0.2) is 6.07 Å². The van der Waals surface area contributed by atoms with E-state index in [1.54, 1.807) is 17.9 Å². The third-order valence-electron chi connectivity index (χ3n) is 5.43. The maximum atomic E-state index is 12.7. The minimum absolute atomic E-state index is 0.00446. The van der Waals surface area contributed by atoms with Crippen molar-refractivity contribution in [3.05, 3.63) is 16.5 Å². The highest BCUT2D eigenvalue weighted by atomic mass is 32.1. The molecule has 2 heterocycles. The number of fused-ring (bicyclic) bond motifs is 1. The quantitative estimate of drug-likeness (QED) is 0.765. The molecule has 1 saturated carbocycles. The number of carboxylic acids is 1. The SMILES string of the molecule is CCOC(=O)c1cc(CC)sc1NC(=O)N1C[C@@H]2CCC[C@@]2(C(=O)O)C1. The van der Waals surface area contributed by atoms with Crippen LogP contribution in [0.2, 0.25) is 0 Å². The maximum absolute atomic E-state index is 12.7. The first-order valence-electron chi connectivity index (χ1n) is 9.00. The van der Waals surface area contributed by atoms with Crippen LogP contribution in [0, 0.1) is 11.3 Å². The van der Waals surface area contributed by atoms with E-state index in [1.807, 2.05) is 6.92 Å². The van der Waals surface area contributed by atoms with E-state index in [0.29, 0.717) is 23.5 Å². The molecular formula is C18H24N2O5S. The second kappa shape index (κ2) is 7.26. The van der Waals surface area contributed by atoms with E-state index in [9.17, 15) is 19.5 Å². The van der Waals surface area contributed by atoms with Gasteiger partial charge >= 0.3 is 18.0 Å². The number of nitrogens with one attached hydrogen (secondary N) is 1. The first-order chi connectivity index (χ1) is 12.4. The molecule has 0 aromatic carbocycles. The molecule has 2 fully saturated rings. The first kappa shape index (κ1) is 18.7. The third-order valence-corrected chi connectivity index (χ3v) is 6.63. The molecule has 2 atom stereocenters. The normalized spacial score (nSPS) is 24.4. The predicted molar refractivity (Wildman–Crippen MR) is 97.7 cm³/mol. The Labute approximate surface area is 156 Å². The molecule has 0 spiro atoms. The molecule has 7 nitrogen and oxygen atoms in total. The van der Waals surface area contributed by atoms with E-state index in [-0.39, 0.29) is 25.1 Å². The molecule has 2 N–H and O–H groups in total. The van der Waals surface area contributed by atoms with E-state index in [2.05, 4.69) is 5.32 Å². The summed E-state index contributed by atoms with van der Waals surface area (Å²) in [5.74, 6) is -1.27. The fourth-order valence-corrected chi connectivity index (χ4v) is 5.01. The number of carbonyl (C=O) groups is 3. The molecule has 1 aromatic rings. The van der Waals surface area contributed by atoms with Gasteiger partial charge in [0.25, 0.3) is 0 Å². The summed E-state index contributed by atoms with van der Waals surface area (Å²) in [7, 11) is 0. The number of urea groups is 1. The molecule has 0 radical (unpaired) electrons. The summed E-state index contributed by atoms with van der Waals surface area (Å²) < 4.78 is 5.07. The van der Waals surface area contributed by atoms with Gasteiger partial charge in [-0.3, -0.25) is 10.1 Å². The van der Waals surface area contributed by atoms with Crippen molar-refractivity contribution in [2.75, 3.05) is 25.0 Å². The van der Waals surface area contributed by atoms with Crippen molar-refractivity contribution in [1.82, 2.24) is 4.90 Å². The van der Waals surface area contributed by atoms with Crippen LogP contribution in [-0.2, 0) is 16.0 Å². The number of anilines is 1.